The highest BCUT2D eigenvalue weighted by atomic mass is 16.1. The monoisotopic (exact) mass is 179 g/mol. The molecule has 1 aromatic heterocycles. The second-order valence-electron chi connectivity index (χ2n) is 3.14. The number of carbonyl (C=O) groups excluding carboxylic acids is 2. The maximum Gasteiger partial charge on any atom is 0.269 e. The van der Waals surface area contributed by atoms with Crippen LogP contribution in [-0.4, -0.2) is 22.2 Å². The molecule has 13 heavy (non-hydrogen) atoms. The summed E-state index contributed by atoms with van der Waals surface area (Å²) in [4.78, 5) is 27.9. The Kier molecular flexibility index (Phi) is 1.65. The molecule has 0 radical (unpaired) electrons. The Morgan fingerprint density at radius 2 is 2.31 bits per heavy atom. The first-order valence-corrected chi connectivity index (χ1v) is 4.07. The van der Waals surface area contributed by atoms with Gasteiger partial charge in [0.05, 0.1) is 5.69 Å². The fourth-order valence-corrected chi connectivity index (χ4v) is 1.32. The topological polar surface area (TPSA) is 88.8 Å². The summed E-state index contributed by atoms with van der Waals surface area (Å²) in [6.45, 7) is 0. The van der Waals surface area contributed by atoms with Crippen molar-refractivity contribution < 1.29 is 9.59 Å². The number of nitrogens with two attached hydrogens (primary N) is 1. The van der Waals surface area contributed by atoms with E-state index in [1.165, 1.54) is 0 Å². The molecule has 1 aliphatic rings. The van der Waals surface area contributed by atoms with E-state index in [4.69, 9.17) is 5.73 Å². The number of nitrogens with zero attached hydrogens (tertiary/aromatic N) is 1. The van der Waals surface area contributed by atoms with E-state index in [2.05, 4.69) is 9.97 Å². The van der Waals surface area contributed by atoms with Crippen LogP contribution in [0.2, 0.25) is 0 Å². The van der Waals surface area contributed by atoms with Crippen molar-refractivity contribution in [2.75, 3.05) is 0 Å². The van der Waals surface area contributed by atoms with Crippen LogP contribution in [-0.2, 0) is 0 Å². The Labute approximate surface area is 74.3 Å². The van der Waals surface area contributed by atoms with Gasteiger partial charge in [-0.25, -0.2) is 4.98 Å². The number of primary amides is 1. The SMILES string of the molecule is NC(=O)c1nc(C=O)[nH]c1C1CC1. The summed E-state index contributed by atoms with van der Waals surface area (Å²) in [6.07, 6.45) is 2.64. The summed E-state index contributed by atoms with van der Waals surface area (Å²) in [5.74, 6) is -0.0642. The molecular formula is C8H9N3O2. The largest absolute Gasteiger partial charge is 0.364 e. The first-order valence-electron chi connectivity index (χ1n) is 4.07. The van der Waals surface area contributed by atoms with Gasteiger partial charge < -0.3 is 10.7 Å². The van der Waals surface area contributed by atoms with Crippen LogP contribution in [0.3, 0.4) is 0 Å². The number of rotatable bonds is 3. The highest BCUT2D eigenvalue weighted by molar-refractivity contribution is 5.93. The van der Waals surface area contributed by atoms with Gasteiger partial charge in [-0.05, 0) is 12.8 Å². The van der Waals surface area contributed by atoms with Crippen molar-refractivity contribution >= 4 is 12.2 Å². The standard InChI is InChI=1S/C8H9N3O2/c9-8(13)7-6(4-1-2-4)10-5(3-12)11-7/h3-4H,1-2H2,(H2,9,13)(H,10,11). The van der Waals surface area contributed by atoms with Crippen LogP contribution in [0.1, 0.15) is 45.6 Å². The molecule has 0 spiro atoms. The van der Waals surface area contributed by atoms with Crippen LogP contribution < -0.4 is 5.73 Å². The van der Waals surface area contributed by atoms with Crippen molar-refractivity contribution in [2.24, 2.45) is 5.73 Å². The van der Waals surface area contributed by atoms with E-state index < -0.39 is 5.91 Å². The van der Waals surface area contributed by atoms with Crippen molar-refractivity contribution in [2.45, 2.75) is 18.8 Å². The molecule has 1 heterocycles. The Balaban J connectivity index is 2.44. The molecule has 5 heteroatoms. The molecule has 2 rings (SSSR count). The lowest BCUT2D eigenvalue weighted by molar-refractivity contribution is 0.0995. The summed E-state index contributed by atoms with van der Waals surface area (Å²) in [7, 11) is 0. The minimum Gasteiger partial charge on any atom is -0.364 e. The van der Waals surface area contributed by atoms with E-state index in [1.54, 1.807) is 0 Å². The fraction of sp³-hybridized carbons (Fsp3) is 0.375. The van der Waals surface area contributed by atoms with Crippen LogP contribution in [0.25, 0.3) is 0 Å². The van der Waals surface area contributed by atoms with Crippen molar-refractivity contribution in [1.29, 1.82) is 0 Å². The van der Waals surface area contributed by atoms with Gasteiger partial charge in [0.25, 0.3) is 5.91 Å². The van der Waals surface area contributed by atoms with Gasteiger partial charge in [-0.15, -0.1) is 0 Å². The Morgan fingerprint density at radius 3 is 2.77 bits per heavy atom. The van der Waals surface area contributed by atoms with Crippen LogP contribution in [0.15, 0.2) is 0 Å². The number of nitrogens with one attached hydrogen (secondary N) is 1. The molecule has 1 aromatic rings. The zero-order chi connectivity index (χ0) is 9.42. The van der Waals surface area contributed by atoms with Crippen LogP contribution in [0, 0.1) is 0 Å². The average Bonchev–Trinajstić information content (AvgIpc) is 2.84. The van der Waals surface area contributed by atoms with Gasteiger partial charge in [0.15, 0.2) is 12.1 Å². The second-order valence-corrected chi connectivity index (χ2v) is 3.14. The maximum absolute atomic E-state index is 10.9. The Morgan fingerprint density at radius 1 is 1.62 bits per heavy atom. The number of imidazole rings is 1. The van der Waals surface area contributed by atoms with Crippen molar-refractivity contribution in [3.05, 3.63) is 17.2 Å². The molecule has 0 saturated heterocycles. The average molecular weight is 179 g/mol. The van der Waals surface area contributed by atoms with E-state index in [0.29, 0.717) is 12.2 Å². The molecule has 0 unspecified atom stereocenters. The number of aldehydes is 1. The van der Waals surface area contributed by atoms with Crippen LogP contribution in [0.4, 0.5) is 0 Å². The predicted molar refractivity (Wildman–Crippen MR) is 44.5 cm³/mol. The minimum atomic E-state index is -0.578. The van der Waals surface area contributed by atoms with Crippen LogP contribution >= 0.6 is 0 Å². The molecule has 1 aliphatic carbocycles. The molecular weight excluding hydrogens is 170 g/mol. The number of aromatic amines is 1. The van der Waals surface area contributed by atoms with Crippen molar-refractivity contribution in [3.63, 3.8) is 0 Å². The van der Waals surface area contributed by atoms with E-state index in [0.717, 1.165) is 18.5 Å². The molecule has 1 fully saturated rings. The van der Waals surface area contributed by atoms with Gasteiger partial charge in [0.1, 0.15) is 5.69 Å². The third-order valence-corrected chi connectivity index (χ3v) is 2.08. The van der Waals surface area contributed by atoms with E-state index in [1.807, 2.05) is 0 Å². The molecule has 0 atom stereocenters. The normalized spacial score (nSPS) is 15.7. The fourth-order valence-electron chi connectivity index (χ4n) is 1.32. The Bertz CT molecular complexity index is 365. The quantitative estimate of drug-likeness (QED) is 0.649. The lowest BCUT2D eigenvalue weighted by Gasteiger charge is -1.93. The third-order valence-electron chi connectivity index (χ3n) is 2.08. The highest BCUT2D eigenvalue weighted by Crippen LogP contribution is 2.40. The van der Waals surface area contributed by atoms with Gasteiger partial charge >= 0.3 is 0 Å². The summed E-state index contributed by atoms with van der Waals surface area (Å²) >= 11 is 0. The lowest BCUT2D eigenvalue weighted by Crippen LogP contribution is -2.13. The molecule has 0 bridgehead atoms. The molecule has 68 valence electrons. The second kappa shape index (κ2) is 2.69. The van der Waals surface area contributed by atoms with Crippen molar-refractivity contribution in [3.8, 4) is 0 Å². The maximum atomic E-state index is 10.9. The van der Waals surface area contributed by atoms with Crippen LogP contribution in [0.5, 0.6) is 0 Å². The first-order chi connectivity index (χ1) is 6.22. The predicted octanol–water partition coefficient (Wildman–Crippen LogP) is 0.198. The first kappa shape index (κ1) is 7.97. The summed E-state index contributed by atoms with van der Waals surface area (Å²) in [5, 5.41) is 0. The van der Waals surface area contributed by atoms with Gasteiger partial charge in [0, 0.05) is 5.92 Å². The number of hydrogen-bond donors (Lipinski definition) is 2. The van der Waals surface area contributed by atoms with Crippen molar-refractivity contribution in [1.82, 2.24) is 9.97 Å². The van der Waals surface area contributed by atoms with Gasteiger partial charge in [0.2, 0.25) is 0 Å². The summed E-state index contributed by atoms with van der Waals surface area (Å²) in [6, 6.07) is 0. The number of hydrogen-bond acceptors (Lipinski definition) is 3. The minimum absolute atomic E-state index is 0.177. The summed E-state index contributed by atoms with van der Waals surface area (Å²) in [5.41, 5.74) is 6.04. The van der Waals surface area contributed by atoms with Gasteiger partial charge in [-0.3, -0.25) is 9.59 Å². The third kappa shape index (κ3) is 1.32. The number of aromatic nitrogens is 2. The number of carbonyl (C=O) groups is 2. The van der Waals surface area contributed by atoms with E-state index in [-0.39, 0.29) is 11.5 Å². The zero-order valence-corrected chi connectivity index (χ0v) is 6.91. The summed E-state index contributed by atoms with van der Waals surface area (Å²) < 4.78 is 0. The highest BCUT2D eigenvalue weighted by Gasteiger charge is 2.30. The molecule has 1 amide bonds. The molecule has 0 aliphatic heterocycles. The molecule has 1 saturated carbocycles. The van der Waals surface area contributed by atoms with Gasteiger partial charge in [-0.1, -0.05) is 0 Å². The number of amides is 1. The van der Waals surface area contributed by atoms with E-state index >= 15 is 0 Å². The molecule has 0 aromatic carbocycles. The van der Waals surface area contributed by atoms with E-state index in [9.17, 15) is 9.59 Å². The van der Waals surface area contributed by atoms with Gasteiger partial charge in [-0.2, -0.15) is 0 Å². The molecule has 5 nitrogen and oxygen atoms in total. The molecule has 3 N–H and O–H groups in total. The number of H-pyrrole nitrogens is 1. The Hall–Kier alpha value is -1.65. The zero-order valence-electron chi connectivity index (χ0n) is 6.91. The smallest absolute Gasteiger partial charge is 0.269 e. The lowest BCUT2D eigenvalue weighted by atomic mass is 10.2.